The van der Waals surface area contributed by atoms with Crippen LogP contribution in [0.5, 0.6) is 11.5 Å². The second-order valence-corrected chi connectivity index (χ2v) is 4.24. The second-order valence-electron chi connectivity index (χ2n) is 4.24. The van der Waals surface area contributed by atoms with Crippen LogP contribution in [0.15, 0.2) is 48.5 Å². The molecule has 20 heavy (non-hydrogen) atoms. The molecule has 0 saturated carbocycles. The first-order valence-corrected chi connectivity index (χ1v) is 6.23. The Hall–Kier alpha value is -2.33. The number of hydrogen-bond donors (Lipinski definition) is 1. The Morgan fingerprint density at radius 2 is 1.60 bits per heavy atom. The van der Waals surface area contributed by atoms with Gasteiger partial charge in [0.05, 0.1) is 13.7 Å². The highest BCUT2D eigenvalue weighted by atomic mass is 16.5. The van der Waals surface area contributed by atoms with E-state index >= 15 is 0 Å². The fraction of sp³-hybridized carbons (Fsp3) is 0.188. The molecule has 0 atom stereocenters. The van der Waals surface area contributed by atoms with Crippen LogP contribution in [-0.2, 0) is 6.61 Å². The van der Waals surface area contributed by atoms with Gasteiger partial charge in [0.15, 0.2) is 12.4 Å². The summed E-state index contributed by atoms with van der Waals surface area (Å²) in [5.41, 5.74) is 1.39. The van der Waals surface area contributed by atoms with E-state index in [2.05, 4.69) is 0 Å². The summed E-state index contributed by atoms with van der Waals surface area (Å²) < 4.78 is 10.5. The molecule has 0 spiro atoms. The molecule has 4 heteroatoms. The minimum atomic E-state index is -0.0983. The molecular weight excluding hydrogens is 256 g/mol. The van der Waals surface area contributed by atoms with Crippen LogP contribution in [0.4, 0.5) is 0 Å². The van der Waals surface area contributed by atoms with Crippen LogP contribution >= 0.6 is 0 Å². The molecule has 0 saturated heterocycles. The van der Waals surface area contributed by atoms with Crippen molar-refractivity contribution in [3.05, 3.63) is 59.7 Å². The van der Waals surface area contributed by atoms with Crippen LogP contribution in [0.25, 0.3) is 0 Å². The maximum atomic E-state index is 11.9. The van der Waals surface area contributed by atoms with Crippen LogP contribution in [0.1, 0.15) is 15.9 Å². The zero-order chi connectivity index (χ0) is 14.4. The Bertz CT molecular complexity index is 558. The third-order valence-corrected chi connectivity index (χ3v) is 2.89. The van der Waals surface area contributed by atoms with Gasteiger partial charge < -0.3 is 14.6 Å². The number of hydrogen-bond acceptors (Lipinski definition) is 4. The third kappa shape index (κ3) is 3.59. The van der Waals surface area contributed by atoms with E-state index in [9.17, 15) is 4.79 Å². The number of aliphatic hydroxyl groups is 1. The van der Waals surface area contributed by atoms with E-state index in [0.29, 0.717) is 17.1 Å². The van der Waals surface area contributed by atoms with Crippen molar-refractivity contribution in [2.45, 2.75) is 6.61 Å². The summed E-state index contributed by atoms with van der Waals surface area (Å²) in [6, 6.07) is 13.9. The number of rotatable bonds is 6. The summed E-state index contributed by atoms with van der Waals surface area (Å²) in [6.45, 7) is -0.0319. The standard InChI is InChI=1S/C16H16O4/c1-19-14-8-4-13(5-9-14)16(18)11-20-15-6-2-12(10-17)3-7-15/h2-9,17H,10-11H2,1H3. The van der Waals surface area contributed by atoms with E-state index in [4.69, 9.17) is 14.6 Å². The van der Waals surface area contributed by atoms with Gasteiger partial charge in [-0.1, -0.05) is 12.1 Å². The first-order chi connectivity index (χ1) is 9.72. The summed E-state index contributed by atoms with van der Waals surface area (Å²) in [5.74, 6) is 1.21. The molecule has 0 aliphatic rings. The fourth-order valence-electron chi connectivity index (χ4n) is 1.70. The molecule has 0 amide bonds. The molecule has 0 radical (unpaired) electrons. The number of carbonyl (C=O) groups is 1. The van der Waals surface area contributed by atoms with Gasteiger partial charge in [-0.15, -0.1) is 0 Å². The molecular formula is C16H16O4. The normalized spacial score (nSPS) is 10.1. The minimum Gasteiger partial charge on any atom is -0.497 e. The highest BCUT2D eigenvalue weighted by Gasteiger charge is 2.07. The van der Waals surface area contributed by atoms with Crippen molar-refractivity contribution in [1.29, 1.82) is 0 Å². The molecule has 2 aromatic rings. The van der Waals surface area contributed by atoms with Crippen molar-refractivity contribution in [2.24, 2.45) is 0 Å². The number of ether oxygens (including phenoxy) is 2. The number of carbonyl (C=O) groups excluding carboxylic acids is 1. The van der Waals surface area contributed by atoms with E-state index in [1.54, 1.807) is 55.6 Å². The number of aliphatic hydroxyl groups excluding tert-OH is 1. The second kappa shape index (κ2) is 6.73. The molecule has 104 valence electrons. The smallest absolute Gasteiger partial charge is 0.200 e. The SMILES string of the molecule is COc1ccc(C(=O)COc2ccc(CO)cc2)cc1. The summed E-state index contributed by atoms with van der Waals surface area (Å²) in [6.07, 6.45) is 0. The third-order valence-electron chi connectivity index (χ3n) is 2.89. The monoisotopic (exact) mass is 272 g/mol. The fourth-order valence-corrected chi connectivity index (χ4v) is 1.70. The predicted octanol–water partition coefficient (Wildman–Crippen LogP) is 2.45. The Labute approximate surface area is 117 Å². The van der Waals surface area contributed by atoms with Crippen molar-refractivity contribution < 1.29 is 19.4 Å². The molecule has 2 rings (SSSR count). The minimum absolute atomic E-state index is 0.00887. The van der Waals surface area contributed by atoms with Crippen LogP contribution in [0.2, 0.25) is 0 Å². The largest absolute Gasteiger partial charge is 0.497 e. The van der Waals surface area contributed by atoms with Gasteiger partial charge in [-0.05, 0) is 42.0 Å². The number of methoxy groups -OCH3 is 1. The van der Waals surface area contributed by atoms with Gasteiger partial charge in [0, 0.05) is 5.56 Å². The Kier molecular flexibility index (Phi) is 4.74. The first kappa shape index (κ1) is 14.1. The van der Waals surface area contributed by atoms with Gasteiger partial charge in [-0.2, -0.15) is 0 Å². The highest BCUT2D eigenvalue weighted by molar-refractivity contribution is 5.97. The van der Waals surface area contributed by atoms with Crippen molar-refractivity contribution in [3.8, 4) is 11.5 Å². The molecule has 0 heterocycles. The van der Waals surface area contributed by atoms with Gasteiger partial charge in [0.2, 0.25) is 0 Å². The van der Waals surface area contributed by atoms with Crippen molar-refractivity contribution in [1.82, 2.24) is 0 Å². The summed E-state index contributed by atoms with van der Waals surface area (Å²) >= 11 is 0. The van der Waals surface area contributed by atoms with E-state index in [1.807, 2.05) is 0 Å². The van der Waals surface area contributed by atoms with Crippen molar-refractivity contribution >= 4 is 5.78 Å². The quantitative estimate of drug-likeness (QED) is 0.821. The van der Waals surface area contributed by atoms with Crippen LogP contribution in [0.3, 0.4) is 0 Å². The summed E-state index contributed by atoms with van der Waals surface area (Å²) in [7, 11) is 1.58. The zero-order valence-corrected chi connectivity index (χ0v) is 11.2. The zero-order valence-electron chi connectivity index (χ0n) is 11.2. The maximum absolute atomic E-state index is 11.9. The van der Waals surface area contributed by atoms with Crippen molar-refractivity contribution in [3.63, 3.8) is 0 Å². The lowest BCUT2D eigenvalue weighted by Gasteiger charge is -2.06. The van der Waals surface area contributed by atoms with Crippen molar-refractivity contribution in [2.75, 3.05) is 13.7 Å². The number of benzene rings is 2. The lowest BCUT2D eigenvalue weighted by molar-refractivity contribution is 0.0921. The molecule has 0 bridgehead atoms. The van der Waals surface area contributed by atoms with Gasteiger partial charge >= 0.3 is 0 Å². The summed E-state index contributed by atoms with van der Waals surface area (Å²) in [4.78, 5) is 11.9. The lowest BCUT2D eigenvalue weighted by atomic mass is 10.1. The molecule has 0 aliphatic heterocycles. The predicted molar refractivity (Wildman–Crippen MR) is 75.2 cm³/mol. The Balaban J connectivity index is 1.93. The molecule has 0 aromatic heterocycles. The van der Waals surface area contributed by atoms with Gasteiger partial charge in [-0.25, -0.2) is 0 Å². The highest BCUT2D eigenvalue weighted by Crippen LogP contribution is 2.14. The van der Waals surface area contributed by atoms with Crippen LogP contribution in [-0.4, -0.2) is 24.6 Å². The van der Waals surface area contributed by atoms with Crippen LogP contribution < -0.4 is 9.47 Å². The van der Waals surface area contributed by atoms with Gasteiger partial charge in [-0.3, -0.25) is 4.79 Å². The molecule has 0 fully saturated rings. The first-order valence-electron chi connectivity index (χ1n) is 6.23. The average molecular weight is 272 g/mol. The molecule has 0 aliphatic carbocycles. The average Bonchev–Trinajstić information content (AvgIpc) is 2.53. The number of Topliss-reactive ketones (excluding diaryl/α,β-unsaturated/α-hetero) is 1. The maximum Gasteiger partial charge on any atom is 0.200 e. The van der Waals surface area contributed by atoms with Crippen LogP contribution in [0, 0.1) is 0 Å². The van der Waals surface area contributed by atoms with Gasteiger partial charge in [0.1, 0.15) is 11.5 Å². The molecule has 2 aromatic carbocycles. The number of ketones is 1. The van der Waals surface area contributed by atoms with Gasteiger partial charge in [0.25, 0.3) is 0 Å². The molecule has 4 nitrogen and oxygen atoms in total. The topological polar surface area (TPSA) is 55.8 Å². The van der Waals surface area contributed by atoms with E-state index in [-0.39, 0.29) is 19.0 Å². The molecule has 1 N–H and O–H groups in total. The van der Waals surface area contributed by atoms with E-state index in [1.165, 1.54) is 0 Å². The Morgan fingerprint density at radius 1 is 1.00 bits per heavy atom. The van der Waals surface area contributed by atoms with E-state index < -0.39 is 0 Å². The van der Waals surface area contributed by atoms with E-state index in [0.717, 1.165) is 5.56 Å². The molecule has 0 unspecified atom stereocenters. The lowest BCUT2D eigenvalue weighted by Crippen LogP contribution is -2.11. The summed E-state index contributed by atoms with van der Waals surface area (Å²) in [5, 5.41) is 8.93. The Morgan fingerprint density at radius 3 is 2.15 bits per heavy atom.